The summed E-state index contributed by atoms with van der Waals surface area (Å²) in [6.45, 7) is 1.83. The summed E-state index contributed by atoms with van der Waals surface area (Å²) in [5.74, 6) is 0.371. The second-order valence-corrected chi connectivity index (χ2v) is 8.63. The van der Waals surface area contributed by atoms with E-state index in [1.807, 2.05) is 61.5 Å². The molecule has 156 valence electrons. The fraction of sp³-hybridized carbons (Fsp3) is 0.125. The molecule has 0 saturated carbocycles. The lowest BCUT2D eigenvalue weighted by atomic mass is 10.1. The Balaban J connectivity index is 1.60. The van der Waals surface area contributed by atoms with Gasteiger partial charge in [0, 0.05) is 21.4 Å². The quantitative estimate of drug-likeness (QED) is 0.361. The highest BCUT2D eigenvalue weighted by Gasteiger charge is 2.20. The van der Waals surface area contributed by atoms with Crippen LogP contribution in [-0.4, -0.2) is 28.5 Å². The van der Waals surface area contributed by atoms with Crippen LogP contribution < -0.4 is 10.1 Å². The maximum atomic E-state index is 12.8. The van der Waals surface area contributed by atoms with Gasteiger partial charge in [-0.1, -0.05) is 78.0 Å². The molecule has 1 aromatic heterocycles. The van der Waals surface area contributed by atoms with E-state index >= 15 is 0 Å². The maximum Gasteiger partial charge on any atom is 0.237 e. The van der Waals surface area contributed by atoms with Gasteiger partial charge in [-0.15, -0.1) is 10.2 Å². The first kappa shape index (κ1) is 21.2. The highest BCUT2D eigenvalue weighted by molar-refractivity contribution is 8.00. The van der Waals surface area contributed by atoms with Gasteiger partial charge in [-0.25, -0.2) is 0 Å². The second kappa shape index (κ2) is 9.37. The molecule has 1 N–H and O–H groups in total. The monoisotopic (exact) mass is 449 g/mol. The lowest BCUT2D eigenvalue weighted by Crippen LogP contribution is -2.23. The van der Waals surface area contributed by atoms with Gasteiger partial charge in [-0.3, -0.25) is 4.79 Å². The number of carbonyl (C=O) groups is 1. The topological polar surface area (TPSA) is 64.1 Å². The summed E-state index contributed by atoms with van der Waals surface area (Å²) in [5.41, 5.74) is 2.35. The predicted molar refractivity (Wildman–Crippen MR) is 127 cm³/mol. The van der Waals surface area contributed by atoms with Crippen LogP contribution in [0, 0.1) is 0 Å². The number of thioether (sulfide) groups is 1. The molecule has 0 aliphatic heterocycles. The van der Waals surface area contributed by atoms with Gasteiger partial charge in [0.25, 0.3) is 0 Å². The van der Waals surface area contributed by atoms with Crippen LogP contribution in [0.15, 0.2) is 77.8 Å². The number of nitrogens with one attached hydrogen (secondary N) is 1. The largest absolute Gasteiger partial charge is 0.495 e. The molecule has 7 heteroatoms. The van der Waals surface area contributed by atoms with Crippen molar-refractivity contribution in [2.24, 2.45) is 0 Å². The average Bonchev–Trinajstić information content (AvgIpc) is 2.80. The van der Waals surface area contributed by atoms with Crippen LogP contribution in [0.1, 0.15) is 6.92 Å². The third kappa shape index (κ3) is 4.65. The van der Waals surface area contributed by atoms with Gasteiger partial charge in [0.15, 0.2) is 0 Å². The first-order chi connectivity index (χ1) is 15.1. The number of amides is 1. The van der Waals surface area contributed by atoms with Crippen LogP contribution in [0.2, 0.25) is 5.02 Å². The van der Waals surface area contributed by atoms with Crippen molar-refractivity contribution in [1.29, 1.82) is 0 Å². The van der Waals surface area contributed by atoms with Crippen molar-refractivity contribution in [1.82, 2.24) is 10.2 Å². The third-order valence-corrected chi connectivity index (χ3v) is 6.11. The van der Waals surface area contributed by atoms with Gasteiger partial charge in [0.05, 0.1) is 18.0 Å². The SMILES string of the molecule is COc1ccc(Cl)cc1NC(=O)[C@H](C)Sc1nnc(-c2ccccc2)c2ccccc12. The molecule has 1 atom stereocenters. The molecule has 3 aromatic carbocycles. The van der Waals surface area contributed by atoms with Gasteiger partial charge in [0.2, 0.25) is 5.91 Å². The average molecular weight is 450 g/mol. The maximum absolute atomic E-state index is 12.8. The van der Waals surface area contributed by atoms with E-state index in [4.69, 9.17) is 16.3 Å². The third-order valence-electron chi connectivity index (χ3n) is 4.78. The van der Waals surface area contributed by atoms with Crippen molar-refractivity contribution in [3.8, 4) is 17.0 Å². The van der Waals surface area contributed by atoms with E-state index in [1.54, 1.807) is 25.3 Å². The number of ether oxygens (including phenoxy) is 1. The molecule has 31 heavy (non-hydrogen) atoms. The molecule has 1 heterocycles. The van der Waals surface area contributed by atoms with Crippen LogP contribution in [-0.2, 0) is 4.79 Å². The standard InChI is InChI=1S/C24H20ClN3O2S/c1-15(23(29)26-20-14-17(25)12-13-21(20)30-2)31-24-19-11-7-6-10-18(19)22(27-28-24)16-8-4-3-5-9-16/h3-15H,1-2H3,(H,26,29)/t15-/m0/s1. The van der Waals surface area contributed by atoms with Crippen LogP contribution in [0.4, 0.5) is 5.69 Å². The van der Waals surface area contributed by atoms with Crippen molar-refractivity contribution < 1.29 is 9.53 Å². The van der Waals surface area contributed by atoms with E-state index in [2.05, 4.69) is 15.5 Å². The number of hydrogen-bond donors (Lipinski definition) is 1. The van der Waals surface area contributed by atoms with Crippen LogP contribution in [0.5, 0.6) is 5.75 Å². The molecule has 4 aromatic rings. The van der Waals surface area contributed by atoms with Gasteiger partial charge in [0.1, 0.15) is 16.5 Å². The molecule has 0 saturated heterocycles. The number of halogens is 1. The summed E-state index contributed by atoms with van der Waals surface area (Å²) in [5, 5.41) is 14.6. The zero-order chi connectivity index (χ0) is 21.8. The summed E-state index contributed by atoms with van der Waals surface area (Å²) in [6, 6.07) is 23.0. The molecule has 0 fully saturated rings. The molecule has 0 aliphatic rings. The number of fused-ring (bicyclic) bond motifs is 1. The minimum atomic E-state index is -0.413. The first-order valence-electron chi connectivity index (χ1n) is 9.68. The van der Waals surface area contributed by atoms with E-state index in [0.717, 1.165) is 22.0 Å². The predicted octanol–water partition coefficient (Wildman–Crippen LogP) is 6.08. The Hall–Kier alpha value is -3.09. The van der Waals surface area contributed by atoms with E-state index in [1.165, 1.54) is 11.8 Å². The normalized spacial score (nSPS) is 11.8. The lowest BCUT2D eigenvalue weighted by Gasteiger charge is -2.15. The molecule has 4 rings (SSSR count). The summed E-state index contributed by atoms with van der Waals surface area (Å²) >= 11 is 7.43. The Morgan fingerprint density at radius 1 is 1.00 bits per heavy atom. The summed E-state index contributed by atoms with van der Waals surface area (Å²) < 4.78 is 5.31. The van der Waals surface area contributed by atoms with Crippen molar-refractivity contribution in [2.75, 3.05) is 12.4 Å². The minimum Gasteiger partial charge on any atom is -0.495 e. The van der Waals surface area contributed by atoms with Crippen LogP contribution in [0.3, 0.4) is 0 Å². The van der Waals surface area contributed by atoms with Crippen molar-refractivity contribution >= 4 is 45.7 Å². The van der Waals surface area contributed by atoms with E-state index in [-0.39, 0.29) is 5.91 Å². The van der Waals surface area contributed by atoms with Gasteiger partial charge < -0.3 is 10.1 Å². The molecule has 1 amide bonds. The number of hydrogen-bond acceptors (Lipinski definition) is 5. The first-order valence-corrected chi connectivity index (χ1v) is 10.9. The molecular weight excluding hydrogens is 430 g/mol. The highest BCUT2D eigenvalue weighted by atomic mass is 35.5. The zero-order valence-electron chi connectivity index (χ0n) is 17.0. The summed E-state index contributed by atoms with van der Waals surface area (Å²) in [6.07, 6.45) is 0. The van der Waals surface area contributed by atoms with E-state index < -0.39 is 5.25 Å². The Labute approximate surface area is 189 Å². The number of benzene rings is 3. The van der Waals surface area contributed by atoms with Crippen LogP contribution >= 0.6 is 23.4 Å². The molecule has 0 unspecified atom stereocenters. The Kier molecular flexibility index (Phi) is 6.39. The van der Waals surface area contributed by atoms with Gasteiger partial charge in [-0.05, 0) is 25.1 Å². The second-order valence-electron chi connectivity index (χ2n) is 6.86. The Bertz CT molecular complexity index is 1230. The van der Waals surface area contributed by atoms with Crippen molar-refractivity contribution in [3.63, 3.8) is 0 Å². The lowest BCUT2D eigenvalue weighted by molar-refractivity contribution is -0.115. The molecule has 0 spiro atoms. The zero-order valence-corrected chi connectivity index (χ0v) is 18.6. The number of carbonyl (C=O) groups excluding carboxylic acids is 1. The van der Waals surface area contributed by atoms with Crippen molar-refractivity contribution in [2.45, 2.75) is 17.2 Å². The molecule has 0 radical (unpaired) electrons. The highest BCUT2D eigenvalue weighted by Crippen LogP contribution is 2.34. The molecule has 5 nitrogen and oxygen atoms in total. The molecule has 0 aliphatic carbocycles. The Morgan fingerprint density at radius 3 is 2.45 bits per heavy atom. The van der Waals surface area contributed by atoms with E-state index in [0.29, 0.717) is 21.5 Å². The summed E-state index contributed by atoms with van der Waals surface area (Å²) in [4.78, 5) is 12.8. The number of aromatic nitrogens is 2. The minimum absolute atomic E-state index is 0.177. The van der Waals surface area contributed by atoms with Crippen LogP contribution in [0.25, 0.3) is 22.0 Å². The van der Waals surface area contributed by atoms with Crippen molar-refractivity contribution in [3.05, 3.63) is 77.8 Å². The number of rotatable bonds is 6. The Morgan fingerprint density at radius 2 is 1.71 bits per heavy atom. The number of methoxy groups -OCH3 is 1. The fourth-order valence-corrected chi connectivity index (χ4v) is 4.27. The van der Waals surface area contributed by atoms with Gasteiger partial charge >= 0.3 is 0 Å². The van der Waals surface area contributed by atoms with Gasteiger partial charge in [-0.2, -0.15) is 0 Å². The number of nitrogens with zero attached hydrogens (tertiary/aromatic N) is 2. The van der Waals surface area contributed by atoms with E-state index in [9.17, 15) is 4.79 Å². The molecular formula is C24H20ClN3O2S. The molecule has 0 bridgehead atoms. The number of anilines is 1. The fourth-order valence-electron chi connectivity index (χ4n) is 3.21. The smallest absolute Gasteiger partial charge is 0.237 e. The summed E-state index contributed by atoms with van der Waals surface area (Å²) in [7, 11) is 1.55.